The van der Waals surface area contributed by atoms with Crippen molar-refractivity contribution in [3.63, 3.8) is 0 Å². The molecule has 0 spiro atoms. The monoisotopic (exact) mass is 390 g/mol. The highest BCUT2D eigenvalue weighted by Crippen LogP contribution is 2.31. The molecule has 2 unspecified atom stereocenters. The quantitative estimate of drug-likeness (QED) is 0.842. The molecule has 2 aliphatic heterocycles. The summed E-state index contributed by atoms with van der Waals surface area (Å²) < 4.78 is 0. The van der Waals surface area contributed by atoms with Gasteiger partial charge in [-0.3, -0.25) is 9.59 Å². The average Bonchev–Trinajstić information content (AvgIpc) is 3.13. The molecule has 0 aromatic heterocycles. The second-order valence-corrected chi connectivity index (χ2v) is 7.81. The third-order valence-corrected chi connectivity index (χ3v) is 5.75. The van der Waals surface area contributed by atoms with E-state index in [0.29, 0.717) is 6.42 Å². The van der Waals surface area contributed by atoms with Gasteiger partial charge in [0.05, 0.1) is 6.04 Å². The molecule has 0 radical (unpaired) electrons. The van der Waals surface area contributed by atoms with Gasteiger partial charge >= 0.3 is 0 Å². The summed E-state index contributed by atoms with van der Waals surface area (Å²) in [6.07, 6.45) is 4.18. The number of hydrogen-bond acceptors (Lipinski definition) is 4. The van der Waals surface area contributed by atoms with Crippen molar-refractivity contribution in [1.29, 1.82) is 0 Å². The topological polar surface area (TPSA) is 64.7 Å². The summed E-state index contributed by atoms with van der Waals surface area (Å²) in [7, 11) is 0. The van der Waals surface area contributed by atoms with E-state index in [1.54, 1.807) is 6.20 Å². The van der Waals surface area contributed by atoms with Crippen molar-refractivity contribution in [3.8, 4) is 0 Å². The van der Waals surface area contributed by atoms with Crippen LogP contribution in [0.25, 0.3) is 0 Å². The fraction of sp³-hybridized carbons (Fsp3) is 0.304. The number of nitrogens with one attached hydrogen (secondary N) is 2. The number of carbonyl (C=O) groups is 2. The molecule has 2 amide bonds. The molecule has 2 aliphatic rings. The van der Waals surface area contributed by atoms with Crippen molar-refractivity contribution in [1.82, 2.24) is 15.3 Å². The minimum Gasteiger partial charge on any atom is -0.324 e. The Morgan fingerprint density at radius 1 is 1.10 bits per heavy atom. The molecular formula is C23H26N4O2. The molecule has 6 nitrogen and oxygen atoms in total. The molecule has 2 N–H and O–H groups in total. The smallest absolute Gasteiger partial charge is 0.251 e. The predicted molar refractivity (Wildman–Crippen MR) is 113 cm³/mol. The summed E-state index contributed by atoms with van der Waals surface area (Å²) in [6.45, 7) is 6.04. The molecule has 150 valence electrons. The Labute approximate surface area is 171 Å². The number of amides is 2. The van der Waals surface area contributed by atoms with E-state index >= 15 is 0 Å². The zero-order valence-corrected chi connectivity index (χ0v) is 17.0. The number of anilines is 1. The molecule has 2 aromatic rings. The molecule has 0 saturated carbocycles. The summed E-state index contributed by atoms with van der Waals surface area (Å²) in [4.78, 5) is 27.0. The first-order valence-corrected chi connectivity index (χ1v) is 9.88. The number of nitrogens with zero attached hydrogens (tertiary/aromatic N) is 2. The fourth-order valence-electron chi connectivity index (χ4n) is 3.81. The standard InChI is InChI=1S/C23H26N4O2/c1-15-7-9-18(10-8-15)20-13-21-23(29)26(11-12-27(21)25-20)14-22(28)24-19-6-4-5-16(2)17(19)3/h4-12,20-21,25H,13-14H2,1-3H3,(H,24,28). The van der Waals surface area contributed by atoms with Crippen molar-refractivity contribution in [2.45, 2.75) is 39.3 Å². The second kappa shape index (κ2) is 7.72. The van der Waals surface area contributed by atoms with Crippen molar-refractivity contribution in [2.75, 3.05) is 11.9 Å². The van der Waals surface area contributed by atoms with E-state index in [9.17, 15) is 9.59 Å². The molecular weight excluding hydrogens is 364 g/mol. The SMILES string of the molecule is Cc1ccc(C2CC3C(=O)N(CC(=O)Nc4cccc(C)c4C)C=CN3N2)cc1. The van der Waals surface area contributed by atoms with Crippen LogP contribution in [-0.2, 0) is 9.59 Å². The lowest BCUT2D eigenvalue weighted by atomic mass is 10.00. The first kappa shape index (κ1) is 19.2. The lowest BCUT2D eigenvalue weighted by Gasteiger charge is -2.31. The Hall–Kier alpha value is -3.12. The highest BCUT2D eigenvalue weighted by molar-refractivity contribution is 5.96. The van der Waals surface area contributed by atoms with Crippen LogP contribution in [0.2, 0.25) is 0 Å². The zero-order chi connectivity index (χ0) is 20.5. The molecule has 2 heterocycles. The van der Waals surface area contributed by atoms with Gasteiger partial charge < -0.3 is 15.2 Å². The number of hydrogen-bond donors (Lipinski definition) is 2. The summed E-state index contributed by atoms with van der Waals surface area (Å²) in [5.74, 6) is -0.267. The Kier molecular flexibility index (Phi) is 5.11. The van der Waals surface area contributed by atoms with Crippen LogP contribution >= 0.6 is 0 Å². The Balaban J connectivity index is 1.41. The number of fused-ring (bicyclic) bond motifs is 1. The van der Waals surface area contributed by atoms with Gasteiger partial charge in [0, 0.05) is 18.1 Å². The first-order chi connectivity index (χ1) is 13.9. The zero-order valence-electron chi connectivity index (χ0n) is 17.0. The van der Waals surface area contributed by atoms with E-state index in [0.717, 1.165) is 22.4 Å². The molecule has 1 saturated heterocycles. The maximum Gasteiger partial charge on any atom is 0.251 e. The third-order valence-electron chi connectivity index (χ3n) is 5.75. The molecule has 1 fully saturated rings. The van der Waals surface area contributed by atoms with Gasteiger partial charge in [-0.25, -0.2) is 5.43 Å². The Morgan fingerprint density at radius 3 is 2.62 bits per heavy atom. The normalized spacial score (nSPS) is 20.7. The van der Waals surface area contributed by atoms with Crippen LogP contribution in [0, 0.1) is 20.8 Å². The minimum atomic E-state index is -0.306. The maximum atomic E-state index is 13.0. The minimum absolute atomic E-state index is 0.00224. The van der Waals surface area contributed by atoms with Crippen molar-refractivity contribution in [2.24, 2.45) is 0 Å². The van der Waals surface area contributed by atoms with Crippen molar-refractivity contribution in [3.05, 3.63) is 77.1 Å². The summed E-state index contributed by atoms with van der Waals surface area (Å²) >= 11 is 0. The van der Waals surface area contributed by atoms with Crippen molar-refractivity contribution >= 4 is 17.5 Å². The fourth-order valence-corrected chi connectivity index (χ4v) is 3.81. The lowest BCUT2D eigenvalue weighted by Crippen LogP contribution is -2.49. The molecule has 4 rings (SSSR count). The van der Waals surface area contributed by atoms with Gasteiger partial charge in [-0.15, -0.1) is 0 Å². The lowest BCUT2D eigenvalue weighted by molar-refractivity contribution is -0.137. The van der Waals surface area contributed by atoms with Crippen LogP contribution in [0.3, 0.4) is 0 Å². The number of benzene rings is 2. The number of hydrazine groups is 1. The van der Waals surface area contributed by atoms with Crippen LogP contribution < -0.4 is 10.7 Å². The first-order valence-electron chi connectivity index (χ1n) is 9.88. The summed E-state index contributed by atoms with van der Waals surface area (Å²) in [5.41, 5.74) is 8.69. The van der Waals surface area contributed by atoms with E-state index in [-0.39, 0.29) is 30.4 Å². The largest absolute Gasteiger partial charge is 0.324 e. The highest BCUT2D eigenvalue weighted by Gasteiger charge is 2.40. The molecule has 6 heteroatoms. The molecule has 2 atom stereocenters. The number of aryl methyl sites for hydroxylation is 2. The Bertz CT molecular complexity index is 967. The highest BCUT2D eigenvalue weighted by atomic mass is 16.2. The van der Waals surface area contributed by atoms with E-state index in [4.69, 9.17) is 0 Å². The van der Waals surface area contributed by atoms with Gasteiger partial charge in [0.2, 0.25) is 5.91 Å². The van der Waals surface area contributed by atoms with E-state index in [2.05, 4.69) is 41.9 Å². The van der Waals surface area contributed by atoms with Gasteiger partial charge in [-0.2, -0.15) is 0 Å². The van der Waals surface area contributed by atoms with Crippen LogP contribution in [0.5, 0.6) is 0 Å². The Morgan fingerprint density at radius 2 is 1.86 bits per heavy atom. The van der Waals surface area contributed by atoms with Crippen LogP contribution in [0.15, 0.2) is 54.9 Å². The molecule has 2 aromatic carbocycles. The van der Waals surface area contributed by atoms with Gasteiger partial charge in [0.15, 0.2) is 0 Å². The third kappa shape index (κ3) is 3.89. The predicted octanol–water partition coefficient (Wildman–Crippen LogP) is 3.18. The van der Waals surface area contributed by atoms with E-state index < -0.39 is 0 Å². The number of carbonyl (C=O) groups excluding carboxylic acids is 2. The summed E-state index contributed by atoms with van der Waals surface area (Å²) in [6, 6.07) is 13.9. The van der Waals surface area contributed by atoms with Crippen LogP contribution in [-0.4, -0.2) is 34.3 Å². The van der Waals surface area contributed by atoms with Crippen LogP contribution in [0.1, 0.15) is 34.7 Å². The summed E-state index contributed by atoms with van der Waals surface area (Å²) in [5, 5.41) is 4.78. The number of rotatable bonds is 4. The molecule has 0 bridgehead atoms. The van der Waals surface area contributed by atoms with Gasteiger partial charge in [0.1, 0.15) is 12.6 Å². The van der Waals surface area contributed by atoms with Gasteiger partial charge in [0.25, 0.3) is 5.91 Å². The van der Waals surface area contributed by atoms with Crippen molar-refractivity contribution < 1.29 is 9.59 Å². The maximum absolute atomic E-state index is 13.0. The average molecular weight is 390 g/mol. The molecule has 29 heavy (non-hydrogen) atoms. The van der Waals surface area contributed by atoms with E-state index in [1.165, 1.54) is 10.5 Å². The van der Waals surface area contributed by atoms with E-state index in [1.807, 2.05) is 43.3 Å². The second-order valence-electron chi connectivity index (χ2n) is 7.81. The van der Waals surface area contributed by atoms with Crippen LogP contribution in [0.4, 0.5) is 5.69 Å². The van der Waals surface area contributed by atoms with Gasteiger partial charge in [-0.1, -0.05) is 42.0 Å². The molecule has 0 aliphatic carbocycles. The van der Waals surface area contributed by atoms with Gasteiger partial charge in [-0.05, 0) is 49.9 Å².